The molecule has 0 fully saturated rings. The van der Waals surface area contributed by atoms with Crippen LogP contribution in [0.15, 0.2) is 47.4 Å². The zero-order valence-electron chi connectivity index (χ0n) is 16.0. The largest absolute Gasteiger partial charge is 0.744 e. The predicted molar refractivity (Wildman–Crippen MR) is 103 cm³/mol. The highest BCUT2D eigenvalue weighted by Crippen LogP contribution is 2.23. The Morgan fingerprint density at radius 3 is 2.37 bits per heavy atom. The lowest BCUT2D eigenvalue weighted by Gasteiger charge is -2.08. The summed E-state index contributed by atoms with van der Waals surface area (Å²) < 4.78 is 48.3. The van der Waals surface area contributed by atoms with Gasteiger partial charge in [0.25, 0.3) is 17.3 Å². The summed E-state index contributed by atoms with van der Waals surface area (Å²) in [6.07, 6.45) is 0. The van der Waals surface area contributed by atoms with Crippen molar-refractivity contribution in [3.8, 4) is 0 Å². The predicted octanol–water partition coefficient (Wildman–Crippen LogP) is 0.770. The maximum atomic E-state index is 13.4. The van der Waals surface area contributed by atoms with Gasteiger partial charge in [0.15, 0.2) is 0 Å². The SMILES string of the molecule is Cc1nn(Cc2ccccc2F)c(C)[n+]1N.Nc1ccc([N+](=O)[O-])cc1S(=O)(=O)[O-]. The molecular formula is C17H19FN6O5S. The van der Waals surface area contributed by atoms with E-state index in [1.54, 1.807) is 22.9 Å². The van der Waals surface area contributed by atoms with Crippen LogP contribution in [0.25, 0.3) is 0 Å². The summed E-state index contributed by atoms with van der Waals surface area (Å²) in [4.78, 5) is 8.68. The number of aryl methyl sites for hydroxylation is 1. The van der Waals surface area contributed by atoms with E-state index in [-0.39, 0.29) is 11.5 Å². The molecule has 2 aromatic carbocycles. The van der Waals surface area contributed by atoms with Gasteiger partial charge in [0.1, 0.15) is 22.5 Å². The first-order chi connectivity index (χ1) is 13.9. The number of benzene rings is 2. The molecule has 30 heavy (non-hydrogen) atoms. The highest BCUT2D eigenvalue weighted by molar-refractivity contribution is 7.86. The lowest BCUT2D eigenvalue weighted by Crippen LogP contribution is -2.48. The molecule has 11 nitrogen and oxygen atoms in total. The Kier molecular flexibility index (Phi) is 6.69. The normalized spacial score (nSPS) is 10.9. The standard InChI is InChI=1S/C11H14FN4.C6H6N2O5S/c1-8-14-15(9(2)16(8)13)7-10-5-3-4-6-11(10)12;7-5-2-1-4(8(9)10)3-6(5)14(11,12)13/h3-6H,7,13H2,1-2H3;1-3H,7H2,(H,11,12,13)/q+1;/p-1. The molecule has 0 bridgehead atoms. The van der Waals surface area contributed by atoms with Crippen molar-refractivity contribution in [2.45, 2.75) is 25.3 Å². The number of rotatable bonds is 4. The fourth-order valence-corrected chi connectivity index (χ4v) is 3.07. The first-order valence-corrected chi connectivity index (χ1v) is 9.77. The van der Waals surface area contributed by atoms with E-state index in [1.807, 2.05) is 13.8 Å². The van der Waals surface area contributed by atoms with Crippen LogP contribution >= 0.6 is 0 Å². The van der Waals surface area contributed by atoms with Gasteiger partial charge < -0.3 is 10.3 Å². The van der Waals surface area contributed by atoms with Crippen LogP contribution in [0.1, 0.15) is 17.2 Å². The molecule has 1 aromatic heterocycles. The minimum absolute atomic E-state index is 0.223. The molecule has 0 unspecified atom stereocenters. The summed E-state index contributed by atoms with van der Waals surface area (Å²) in [5.74, 6) is 7.01. The molecule has 1 heterocycles. The van der Waals surface area contributed by atoms with E-state index >= 15 is 0 Å². The molecule has 0 spiro atoms. The van der Waals surface area contributed by atoms with Crippen molar-refractivity contribution in [1.82, 2.24) is 9.78 Å². The van der Waals surface area contributed by atoms with Crippen molar-refractivity contribution < 1.29 is 27.0 Å². The molecule has 13 heteroatoms. The van der Waals surface area contributed by atoms with Gasteiger partial charge in [-0.1, -0.05) is 18.2 Å². The number of hydrogen-bond donors (Lipinski definition) is 2. The summed E-state index contributed by atoms with van der Waals surface area (Å²) in [7, 11) is -4.77. The molecule has 0 radical (unpaired) electrons. The van der Waals surface area contributed by atoms with Gasteiger partial charge in [0.2, 0.25) is 0 Å². The number of nitrogens with two attached hydrogens (primary N) is 2. The van der Waals surface area contributed by atoms with Gasteiger partial charge in [0, 0.05) is 42.3 Å². The maximum Gasteiger partial charge on any atom is 0.295 e. The quantitative estimate of drug-likeness (QED) is 0.150. The second kappa shape index (κ2) is 8.84. The van der Waals surface area contributed by atoms with E-state index in [0.29, 0.717) is 24.0 Å². The topological polar surface area (TPSA) is 174 Å². The van der Waals surface area contributed by atoms with Crippen LogP contribution in [0.4, 0.5) is 15.8 Å². The fraction of sp³-hybridized carbons (Fsp3) is 0.176. The molecule has 0 aliphatic heterocycles. The monoisotopic (exact) mass is 438 g/mol. The van der Waals surface area contributed by atoms with E-state index in [4.69, 9.17) is 11.6 Å². The molecule has 160 valence electrons. The Bertz CT molecular complexity index is 1200. The molecule has 4 N–H and O–H groups in total. The van der Waals surface area contributed by atoms with Gasteiger partial charge in [-0.05, 0) is 12.1 Å². The zero-order valence-corrected chi connectivity index (χ0v) is 16.8. The summed E-state index contributed by atoms with van der Waals surface area (Å²) in [5.41, 5.74) is 4.99. The molecule has 0 saturated heterocycles. The summed E-state index contributed by atoms with van der Waals surface area (Å²) in [6, 6.07) is 9.32. The molecule has 0 atom stereocenters. The van der Waals surface area contributed by atoms with Crippen LogP contribution in [-0.2, 0) is 16.7 Å². The van der Waals surface area contributed by atoms with Crippen molar-refractivity contribution >= 4 is 21.5 Å². The molecule has 0 aliphatic carbocycles. The minimum atomic E-state index is -4.77. The number of hydrogen-bond acceptors (Lipinski definition) is 8. The first-order valence-electron chi connectivity index (χ1n) is 8.36. The number of nitro groups is 1. The van der Waals surface area contributed by atoms with Crippen LogP contribution in [0.3, 0.4) is 0 Å². The zero-order chi connectivity index (χ0) is 22.6. The van der Waals surface area contributed by atoms with Crippen molar-refractivity contribution in [3.05, 3.63) is 75.6 Å². The van der Waals surface area contributed by atoms with Gasteiger partial charge in [-0.3, -0.25) is 16.0 Å². The number of anilines is 1. The molecule has 0 saturated carbocycles. The molecular weight excluding hydrogens is 419 g/mol. The number of nitro benzene ring substituents is 1. The van der Waals surface area contributed by atoms with E-state index in [9.17, 15) is 27.5 Å². The number of aromatic nitrogens is 3. The van der Waals surface area contributed by atoms with Crippen molar-refractivity contribution in [2.24, 2.45) is 0 Å². The summed E-state index contributed by atoms with van der Waals surface area (Å²) >= 11 is 0. The molecule has 0 amide bonds. The Balaban J connectivity index is 0.000000216. The highest BCUT2D eigenvalue weighted by Gasteiger charge is 2.18. The van der Waals surface area contributed by atoms with E-state index in [2.05, 4.69) is 5.10 Å². The Labute approximate surface area is 171 Å². The summed E-state index contributed by atoms with van der Waals surface area (Å²) in [5, 5.41) is 14.5. The van der Waals surface area contributed by atoms with Gasteiger partial charge in [-0.25, -0.2) is 12.8 Å². The van der Waals surface area contributed by atoms with E-state index in [1.165, 1.54) is 10.7 Å². The van der Waals surface area contributed by atoms with Crippen LogP contribution in [0, 0.1) is 29.8 Å². The molecule has 0 aliphatic rings. The average molecular weight is 438 g/mol. The second-order valence-corrected chi connectivity index (χ2v) is 7.49. The van der Waals surface area contributed by atoms with Crippen LogP contribution in [0.5, 0.6) is 0 Å². The Morgan fingerprint density at radius 2 is 1.87 bits per heavy atom. The molecule has 3 rings (SSSR count). The minimum Gasteiger partial charge on any atom is -0.744 e. The summed E-state index contributed by atoms with van der Waals surface area (Å²) in [6.45, 7) is 4.05. The average Bonchev–Trinajstić information content (AvgIpc) is 2.90. The number of non-ortho nitro benzene ring substituents is 1. The smallest absolute Gasteiger partial charge is 0.295 e. The van der Waals surface area contributed by atoms with Gasteiger partial charge in [0.05, 0.1) is 9.82 Å². The van der Waals surface area contributed by atoms with Gasteiger partial charge in [-0.15, -0.1) is 9.36 Å². The van der Waals surface area contributed by atoms with Crippen molar-refractivity contribution in [1.29, 1.82) is 0 Å². The highest BCUT2D eigenvalue weighted by atomic mass is 32.2. The third kappa shape index (κ3) is 5.27. The van der Waals surface area contributed by atoms with Crippen LogP contribution in [-0.4, -0.2) is 27.7 Å². The number of nitrogen functional groups attached to an aromatic ring is 2. The maximum absolute atomic E-state index is 13.4. The first kappa shape index (κ1) is 22.7. The van der Waals surface area contributed by atoms with Crippen molar-refractivity contribution in [3.63, 3.8) is 0 Å². The lowest BCUT2D eigenvalue weighted by atomic mass is 10.2. The second-order valence-electron chi connectivity index (χ2n) is 6.15. The Hall–Kier alpha value is -3.58. The third-order valence-electron chi connectivity index (χ3n) is 4.09. The van der Waals surface area contributed by atoms with Gasteiger partial charge >= 0.3 is 0 Å². The number of nitrogens with zero attached hydrogens (tertiary/aromatic N) is 4. The van der Waals surface area contributed by atoms with Crippen molar-refractivity contribution in [2.75, 3.05) is 11.6 Å². The Morgan fingerprint density at radius 1 is 1.23 bits per heavy atom. The van der Waals surface area contributed by atoms with E-state index in [0.717, 1.165) is 18.0 Å². The number of halogens is 1. The van der Waals surface area contributed by atoms with Crippen LogP contribution in [0.2, 0.25) is 0 Å². The third-order valence-corrected chi connectivity index (χ3v) is 4.98. The van der Waals surface area contributed by atoms with E-state index < -0.39 is 25.6 Å². The molecule has 3 aromatic rings. The lowest BCUT2D eigenvalue weighted by molar-refractivity contribution is -0.652. The van der Waals surface area contributed by atoms with Gasteiger partial charge in [-0.2, -0.15) is 0 Å². The fourth-order valence-electron chi connectivity index (χ4n) is 2.44. The van der Waals surface area contributed by atoms with Crippen LogP contribution < -0.4 is 16.3 Å².